The average molecular weight is 651 g/mol. The molecule has 4 aromatic rings. The van der Waals surface area contributed by atoms with Gasteiger partial charge in [0.15, 0.2) is 11.0 Å². The zero-order valence-corrected chi connectivity index (χ0v) is 27.0. The van der Waals surface area contributed by atoms with Crippen LogP contribution in [-0.2, 0) is 6.42 Å². The number of aromatic nitrogens is 3. The Kier molecular flexibility index (Phi) is 10.4. The molecular formula is C34H37F3N6O2S. The maximum atomic E-state index is 12.7. The van der Waals surface area contributed by atoms with E-state index < -0.39 is 6.36 Å². The summed E-state index contributed by atoms with van der Waals surface area (Å²) < 4.78 is 42.7. The van der Waals surface area contributed by atoms with E-state index in [9.17, 15) is 18.0 Å². The fraction of sp³-hybridized carbons (Fsp3) is 0.353. The van der Waals surface area contributed by atoms with E-state index in [1.54, 1.807) is 11.8 Å². The summed E-state index contributed by atoms with van der Waals surface area (Å²) in [6, 6.07) is 19.4. The number of amides is 2. The number of aryl methyl sites for hydroxylation is 1. The first-order valence-corrected chi connectivity index (χ1v) is 16.2. The first kappa shape index (κ1) is 33.1. The number of anilines is 1. The number of nitrogens with zero attached hydrogens (tertiary/aromatic N) is 5. The highest BCUT2D eigenvalue weighted by atomic mass is 32.2. The number of nitrogens with one attached hydrogen (secondary N) is 1. The molecular weight excluding hydrogens is 613 g/mol. The molecule has 0 radical (unpaired) electrons. The number of hydrogen-bond donors (Lipinski definition) is 1. The lowest BCUT2D eigenvalue weighted by molar-refractivity contribution is -0.274. The summed E-state index contributed by atoms with van der Waals surface area (Å²) in [7, 11) is 0. The Balaban J connectivity index is 1.11. The first-order chi connectivity index (χ1) is 22.0. The van der Waals surface area contributed by atoms with Crippen LogP contribution in [0.3, 0.4) is 0 Å². The summed E-state index contributed by atoms with van der Waals surface area (Å²) in [5, 5.41) is 8.17. The molecule has 1 atom stereocenters. The minimum Gasteiger partial charge on any atom is -0.406 e. The summed E-state index contributed by atoms with van der Waals surface area (Å²) in [5.74, 6) is 1.80. The van der Waals surface area contributed by atoms with Crippen molar-refractivity contribution < 1.29 is 22.7 Å². The van der Waals surface area contributed by atoms with Crippen LogP contribution in [0.15, 0.2) is 78.0 Å². The molecule has 0 spiro atoms. The van der Waals surface area contributed by atoms with Gasteiger partial charge >= 0.3 is 12.4 Å². The van der Waals surface area contributed by atoms with Crippen LogP contribution >= 0.6 is 11.8 Å². The molecule has 8 nitrogen and oxygen atoms in total. The number of aliphatic imine (C=N–C) groups is 1. The van der Waals surface area contributed by atoms with E-state index in [1.165, 1.54) is 46.4 Å². The number of urea groups is 1. The van der Waals surface area contributed by atoms with Crippen molar-refractivity contribution in [1.82, 2.24) is 20.1 Å². The van der Waals surface area contributed by atoms with Gasteiger partial charge in [0.1, 0.15) is 12.1 Å². The van der Waals surface area contributed by atoms with Crippen LogP contribution in [-0.4, -0.2) is 51.2 Å². The fourth-order valence-corrected chi connectivity index (χ4v) is 6.49. The molecule has 2 amide bonds. The lowest BCUT2D eigenvalue weighted by Gasteiger charge is -2.24. The van der Waals surface area contributed by atoms with Gasteiger partial charge in [-0.3, -0.25) is 0 Å². The van der Waals surface area contributed by atoms with Crippen molar-refractivity contribution in [3.8, 4) is 22.8 Å². The van der Waals surface area contributed by atoms with E-state index in [-0.39, 0.29) is 11.8 Å². The third-order valence-corrected chi connectivity index (χ3v) is 8.64. The fourth-order valence-electron chi connectivity index (χ4n) is 5.54. The Bertz CT molecular complexity index is 1670. The number of hydrogen-bond acceptors (Lipinski definition) is 5. The van der Waals surface area contributed by atoms with E-state index in [2.05, 4.69) is 75.9 Å². The minimum atomic E-state index is -4.74. The van der Waals surface area contributed by atoms with Crippen molar-refractivity contribution in [3.05, 3.63) is 89.7 Å². The molecule has 2 heterocycles. The molecule has 1 aliphatic rings. The molecule has 0 bridgehead atoms. The summed E-state index contributed by atoms with van der Waals surface area (Å²) in [4.78, 5) is 23.7. The zero-order valence-electron chi connectivity index (χ0n) is 26.2. The van der Waals surface area contributed by atoms with Gasteiger partial charge in [-0.25, -0.2) is 14.5 Å². The molecule has 1 fully saturated rings. The number of carbonyl (C=O) groups is 1. The van der Waals surface area contributed by atoms with Crippen molar-refractivity contribution in [2.24, 2.45) is 10.9 Å². The highest BCUT2D eigenvalue weighted by Gasteiger charge is 2.31. The maximum Gasteiger partial charge on any atom is 0.573 e. The molecule has 3 aromatic carbocycles. The van der Waals surface area contributed by atoms with Crippen molar-refractivity contribution in [3.63, 3.8) is 0 Å². The number of benzene rings is 3. The van der Waals surface area contributed by atoms with Crippen molar-refractivity contribution in [1.29, 1.82) is 0 Å². The molecule has 1 unspecified atom stereocenters. The first-order valence-electron chi connectivity index (χ1n) is 15.2. The zero-order chi connectivity index (χ0) is 32.8. The van der Waals surface area contributed by atoms with Crippen LogP contribution < -0.4 is 15.0 Å². The predicted octanol–water partition coefficient (Wildman–Crippen LogP) is 8.15. The van der Waals surface area contributed by atoms with E-state index >= 15 is 0 Å². The van der Waals surface area contributed by atoms with Crippen LogP contribution in [0.25, 0.3) is 17.1 Å². The number of rotatable bonds is 10. The highest BCUT2D eigenvalue weighted by Crippen LogP contribution is 2.34. The number of halogens is 3. The largest absolute Gasteiger partial charge is 0.573 e. The summed E-state index contributed by atoms with van der Waals surface area (Å²) >= 11 is 1.61. The summed E-state index contributed by atoms with van der Waals surface area (Å²) in [5.41, 5.74) is 6.20. The summed E-state index contributed by atoms with van der Waals surface area (Å²) in [6.45, 7) is 10.0. The SMILES string of the molecule is Cc1cccc(N2CCSC2=NC(=O)NCCC(C)Cc2ccc(-c3ncn(-c4ccc(OC(F)(F)F)cc4)n3)cc2)c1C(C)C. The lowest BCUT2D eigenvalue weighted by atomic mass is 9.95. The molecule has 0 saturated carbocycles. The molecule has 5 rings (SSSR count). The Labute approximate surface area is 271 Å². The van der Waals surface area contributed by atoms with Crippen LogP contribution in [0, 0.1) is 12.8 Å². The van der Waals surface area contributed by atoms with Gasteiger partial charge in [0.05, 0.1) is 5.69 Å². The van der Waals surface area contributed by atoms with Gasteiger partial charge in [0, 0.05) is 30.1 Å². The van der Waals surface area contributed by atoms with Crippen LogP contribution in [0.1, 0.15) is 49.8 Å². The Hall–Kier alpha value is -4.32. The smallest absolute Gasteiger partial charge is 0.406 e. The predicted molar refractivity (Wildman–Crippen MR) is 177 cm³/mol. The van der Waals surface area contributed by atoms with E-state index in [4.69, 9.17) is 0 Å². The molecule has 1 saturated heterocycles. The molecule has 12 heteroatoms. The molecule has 1 aromatic heterocycles. The van der Waals surface area contributed by atoms with Gasteiger partial charge in [-0.1, -0.05) is 68.9 Å². The van der Waals surface area contributed by atoms with Crippen LogP contribution in [0.5, 0.6) is 5.75 Å². The monoisotopic (exact) mass is 650 g/mol. The molecule has 1 N–H and O–H groups in total. The number of amidine groups is 1. The molecule has 1 aliphatic heterocycles. The van der Waals surface area contributed by atoms with Gasteiger partial charge in [0.2, 0.25) is 0 Å². The van der Waals surface area contributed by atoms with Gasteiger partial charge in [-0.15, -0.1) is 18.3 Å². The van der Waals surface area contributed by atoms with Gasteiger partial charge < -0.3 is 15.0 Å². The van der Waals surface area contributed by atoms with Gasteiger partial charge in [-0.2, -0.15) is 4.99 Å². The van der Waals surface area contributed by atoms with Crippen LogP contribution in [0.4, 0.5) is 23.7 Å². The summed E-state index contributed by atoms with van der Waals surface area (Å²) in [6.07, 6.45) is -1.58. The standard InChI is InChI=1S/C34H37F3N6O2S/c1-22(2)30-24(4)6-5-7-29(30)42-18-19-46-33(42)40-32(44)38-17-16-23(3)20-25-8-10-26(11-9-25)31-39-21-43(41-31)27-12-14-28(15-13-27)45-34(35,36)37/h5-15,21-23H,16-20H2,1-4H3,(H,38,44). The van der Waals surface area contributed by atoms with Crippen molar-refractivity contribution in [2.45, 2.75) is 52.8 Å². The number of alkyl halides is 3. The Morgan fingerprint density at radius 3 is 2.50 bits per heavy atom. The average Bonchev–Trinajstić information content (AvgIpc) is 3.67. The second-order valence-corrected chi connectivity index (χ2v) is 12.7. The maximum absolute atomic E-state index is 12.7. The second kappa shape index (κ2) is 14.4. The topological polar surface area (TPSA) is 84.6 Å². The Morgan fingerprint density at radius 1 is 1.07 bits per heavy atom. The quantitative estimate of drug-likeness (QED) is 0.187. The third-order valence-electron chi connectivity index (χ3n) is 7.68. The Morgan fingerprint density at radius 2 is 1.80 bits per heavy atom. The van der Waals surface area contributed by atoms with E-state index in [0.29, 0.717) is 29.9 Å². The highest BCUT2D eigenvalue weighted by molar-refractivity contribution is 8.14. The van der Waals surface area contributed by atoms with E-state index in [0.717, 1.165) is 47.1 Å². The van der Waals surface area contributed by atoms with Gasteiger partial charge in [0.25, 0.3) is 0 Å². The second-order valence-electron chi connectivity index (χ2n) is 11.6. The molecule has 242 valence electrons. The minimum absolute atomic E-state index is 0.300. The normalized spacial score (nSPS) is 15.0. The third kappa shape index (κ3) is 8.48. The lowest BCUT2D eigenvalue weighted by Crippen LogP contribution is -2.29. The van der Waals surface area contributed by atoms with E-state index in [1.807, 2.05) is 24.3 Å². The van der Waals surface area contributed by atoms with Crippen LogP contribution in [0.2, 0.25) is 0 Å². The number of carbonyl (C=O) groups excluding carboxylic acids is 1. The van der Waals surface area contributed by atoms with Crippen molar-refractivity contribution >= 4 is 28.6 Å². The molecule has 46 heavy (non-hydrogen) atoms. The molecule has 0 aliphatic carbocycles. The number of thioether (sulfide) groups is 1. The van der Waals surface area contributed by atoms with Crippen molar-refractivity contribution in [2.75, 3.05) is 23.7 Å². The number of ether oxygens (including phenoxy) is 1. The van der Waals surface area contributed by atoms with Gasteiger partial charge in [-0.05, 0) is 78.6 Å².